The van der Waals surface area contributed by atoms with Crippen molar-refractivity contribution in [2.24, 2.45) is 5.73 Å². The number of anilines is 1. The van der Waals surface area contributed by atoms with Crippen molar-refractivity contribution in [1.29, 1.82) is 0 Å². The summed E-state index contributed by atoms with van der Waals surface area (Å²) in [7, 11) is 0. The Morgan fingerprint density at radius 3 is 2.21 bits per heavy atom. The Kier molecular flexibility index (Phi) is 5.16. The second-order valence-electron chi connectivity index (χ2n) is 10.1. The van der Waals surface area contributed by atoms with E-state index < -0.39 is 5.91 Å². The van der Waals surface area contributed by atoms with Crippen LogP contribution in [-0.4, -0.2) is 17.4 Å². The SMILES string of the molecule is CC1(C)Cc2c(sc(NC(=O)c3ccc(C(C)(C)C)cc3)c2C(N)=O)C(C)(C)N1. The number of rotatable bonds is 3. The fourth-order valence-corrected chi connectivity index (χ4v) is 5.45. The Balaban J connectivity index is 1.97. The monoisotopic (exact) mass is 413 g/mol. The highest BCUT2D eigenvalue weighted by atomic mass is 32.1. The van der Waals surface area contributed by atoms with Crippen LogP contribution in [0.4, 0.5) is 5.00 Å². The zero-order valence-electron chi connectivity index (χ0n) is 18.3. The van der Waals surface area contributed by atoms with Gasteiger partial charge in [-0.3, -0.25) is 9.59 Å². The molecule has 0 atom stereocenters. The number of carbonyl (C=O) groups is 2. The van der Waals surface area contributed by atoms with Gasteiger partial charge in [0.25, 0.3) is 11.8 Å². The summed E-state index contributed by atoms with van der Waals surface area (Å²) in [5.41, 5.74) is 8.36. The first-order valence-corrected chi connectivity index (χ1v) is 10.7. The summed E-state index contributed by atoms with van der Waals surface area (Å²) in [5.74, 6) is -0.744. The zero-order valence-corrected chi connectivity index (χ0v) is 19.1. The van der Waals surface area contributed by atoms with Crippen molar-refractivity contribution in [3.63, 3.8) is 0 Å². The van der Waals surface area contributed by atoms with Crippen LogP contribution < -0.4 is 16.4 Å². The number of primary amides is 1. The molecule has 1 aromatic heterocycles. The predicted octanol–water partition coefficient (Wildman–Crippen LogP) is 4.56. The van der Waals surface area contributed by atoms with Crippen LogP contribution in [0.5, 0.6) is 0 Å². The maximum Gasteiger partial charge on any atom is 0.256 e. The van der Waals surface area contributed by atoms with Crippen molar-refractivity contribution >= 4 is 28.2 Å². The second kappa shape index (κ2) is 6.96. The van der Waals surface area contributed by atoms with Gasteiger partial charge in [-0.05, 0) is 62.8 Å². The number of nitrogens with one attached hydrogen (secondary N) is 2. The van der Waals surface area contributed by atoms with E-state index >= 15 is 0 Å². The van der Waals surface area contributed by atoms with E-state index in [1.807, 2.05) is 24.3 Å². The zero-order chi connectivity index (χ0) is 21.8. The van der Waals surface area contributed by atoms with Gasteiger partial charge in [-0.1, -0.05) is 32.9 Å². The molecule has 0 saturated carbocycles. The van der Waals surface area contributed by atoms with Crippen LogP contribution in [0.2, 0.25) is 0 Å². The molecule has 2 aromatic rings. The van der Waals surface area contributed by atoms with Gasteiger partial charge >= 0.3 is 0 Å². The molecule has 29 heavy (non-hydrogen) atoms. The summed E-state index contributed by atoms with van der Waals surface area (Å²) >= 11 is 1.43. The Morgan fingerprint density at radius 2 is 1.69 bits per heavy atom. The van der Waals surface area contributed by atoms with Crippen LogP contribution in [0.1, 0.15) is 85.2 Å². The van der Waals surface area contributed by atoms with Crippen LogP contribution in [0.3, 0.4) is 0 Å². The molecule has 5 nitrogen and oxygen atoms in total. The Morgan fingerprint density at radius 1 is 1.10 bits per heavy atom. The molecule has 0 unspecified atom stereocenters. The minimum atomic E-state index is -0.505. The highest BCUT2D eigenvalue weighted by Crippen LogP contribution is 2.45. The van der Waals surface area contributed by atoms with Gasteiger partial charge in [-0.25, -0.2) is 0 Å². The summed E-state index contributed by atoms with van der Waals surface area (Å²) in [4.78, 5) is 26.2. The molecule has 1 aliphatic rings. The first kappa shape index (κ1) is 21.5. The number of fused-ring (bicyclic) bond motifs is 1. The molecule has 6 heteroatoms. The molecule has 0 radical (unpaired) electrons. The smallest absolute Gasteiger partial charge is 0.256 e. The van der Waals surface area contributed by atoms with Gasteiger partial charge in [0.2, 0.25) is 0 Å². The molecule has 2 amide bonds. The first-order chi connectivity index (χ1) is 13.2. The summed E-state index contributed by atoms with van der Waals surface area (Å²) in [6.07, 6.45) is 0.677. The summed E-state index contributed by atoms with van der Waals surface area (Å²) in [5, 5.41) is 7.09. The number of benzene rings is 1. The third-order valence-electron chi connectivity index (χ3n) is 5.33. The molecule has 156 valence electrons. The van der Waals surface area contributed by atoms with Crippen molar-refractivity contribution in [3.05, 3.63) is 51.4 Å². The Hall–Kier alpha value is -2.18. The lowest BCUT2D eigenvalue weighted by atomic mass is 9.81. The summed E-state index contributed by atoms with van der Waals surface area (Å²) in [6.45, 7) is 14.8. The van der Waals surface area contributed by atoms with Gasteiger partial charge in [0.15, 0.2) is 0 Å². The van der Waals surface area contributed by atoms with E-state index in [0.717, 1.165) is 16.0 Å². The Bertz CT molecular complexity index is 963. The minimum absolute atomic E-state index is 0.0202. The lowest BCUT2D eigenvalue weighted by Crippen LogP contribution is -2.55. The molecule has 0 fully saturated rings. The van der Waals surface area contributed by atoms with Crippen LogP contribution in [0, 0.1) is 0 Å². The molecule has 0 bridgehead atoms. The van der Waals surface area contributed by atoms with E-state index in [1.165, 1.54) is 11.3 Å². The fraction of sp³-hybridized carbons (Fsp3) is 0.478. The van der Waals surface area contributed by atoms with Crippen molar-refractivity contribution in [2.45, 2.75) is 71.4 Å². The standard InChI is InChI=1S/C23H31N3O2S/c1-21(2,3)14-10-8-13(9-11-14)19(28)25-20-16(18(24)27)15-12-22(4,5)26-23(6,7)17(15)29-20/h8-11,26H,12H2,1-7H3,(H2,24,27)(H,25,28). The summed E-state index contributed by atoms with van der Waals surface area (Å²) < 4.78 is 0. The number of hydrogen-bond donors (Lipinski definition) is 3. The topological polar surface area (TPSA) is 84.2 Å². The van der Waals surface area contributed by atoms with Crippen LogP contribution >= 0.6 is 11.3 Å². The van der Waals surface area contributed by atoms with E-state index in [1.54, 1.807) is 0 Å². The van der Waals surface area contributed by atoms with Crippen LogP contribution in [-0.2, 0) is 17.4 Å². The molecule has 0 saturated heterocycles. The normalized spacial score (nSPS) is 17.5. The Labute approximate surface area is 177 Å². The predicted molar refractivity (Wildman–Crippen MR) is 120 cm³/mol. The third kappa shape index (κ3) is 4.23. The average molecular weight is 414 g/mol. The van der Waals surface area contributed by atoms with E-state index in [0.29, 0.717) is 22.5 Å². The van der Waals surface area contributed by atoms with Crippen LogP contribution in [0.15, 0.2) is 24.3 Å². The number of thiophene rings is 1. The fourth-order valence-electron chi connectivity index (χ4n) is 4.17. The lowest BCUT2D eigenvalue weighted by molar-refractivity contribution is 0.0999. The van der Waals surface area contributed by atoms with E-state index in [4.69, 9.17) is 5.73 Å². The van der Waals surface area contributed by atoms with Crippen molar-refractivity contribution < 1.29 is 9.59 Å². The summed E-state index contributed by atoms with van der Waals surface area (Å²) in [6, 6.07) is 7.59. The molecule has 0 spiro atoms. The number of amides is 2. The molecular formula is C23H31N3O2S. The van der Waals surface area contributed by atoms with Gasteiger partial charge in [-0.2, -0.15) is 0 Å². The van der Waals surface area contributed by atoms with E-state index in [-0.39, 0.29) is 22.4 Å². The number of hydrogen-bond acceptors (Lipinski definition) is 4. The molecule has 1 aromatic carbocycles. The van der Waals surface area contributed by atoms with E-state index in [2.05, 4.69) is 59.1 Å². The quantitative estimate of drug-likeness (QED) is 0.690. The number of carbonyl (C=O) groups excluding carboxylic acids is 2. The molecule has 4 N–H and O–H groups in total. The second-order valence-corrected chi connectivity index (χ2v) is 11.1. The largest absolute Gasteiger partial charge is 0.365 e. The van der Waals surface area contributed by atoms with Gasteiger partial charge in [0, 0.05) is 21.5 Å². The lowest BCUT2D eigenvalue weighted by Gasteiger charge is -2.42. The highest BCUT2D eigenvalue weighted by Gasteiger charge is 2.41. The third-order valence-corrected chi connectivity index (χ3v) is 6.80. The molecule has 2 heterocycles. The van der Waals surface area contributed by atoms with Crippen molar-refractivity contribution in [1.82, 2.24) is 5.32 Å². The number of nitrogens with two attached hydrogens (primary N) is 1. The minimum Gasteiger partial charge on any atom is -0.365 e. The average Bonchev–Trinajstić information content (AvgIpc) is 2.91. The van der Waals surface area contributed by atoms with Gasteiger partial charge < -0.3 is 16.4 Å². The van der Waals surface area contributed by atoms with Crippen LogP contribution in [0.25, 0.3) is 0 Å². The molecule has 0 aliphatic carbocycles. The molecular weight excluding hydrogens is 382 g/mol. The maximum atomic E-state index is 12.9. The maximum absolute atomic E-state index is 12.9. The van der Waals surface area contributed by atoms with Gasteiger partial charge in [0.1, 0.15) is 5.00 Å². The first-order valence-electron chi connectivity index (χ1n) is 9.88. The van der Waals surface area contributed by atoms with Crippen molar-refractivity contribution in [3.8, 4) is 0 Å². The van der Waals surface area contributed by atoms with Gasteiger partial charge in [-0.15, -0.1) is 11.3 Å². The van der Waals surface area contributed by atoms with Gasteiger partial charge in [0.05, 0.1) is 5.56 Å². The van der Waals surface area contributed by atoms with E-state index in [9.17, 15) is 9.59 Å². The van der Waals surface area contributed by atoms with Crippen molar-refractivity contribution in [2.75, 3.05) is 5.32 Å². The molecule has 1 aliphatic heterocycles. The highest BCUT2D eigenvalue weighted by molar-refractivity contribution is 7.17. The molecule has 3 rings (SSSR count).